The second-order valence-corrected chi connectivity index (χ2v) is 7.85. The van der Waals surface area contributed by atoms with Gasteiger partial charge in [-0.3, -0.25) is 4.79 Å². The van der Waals surface area contributed by atoms with E-state index in [1.807, 2.05) is 31.2 Å². The first-order valence-electron chi connectivity index (χ1n) is 10.7. The van der Waals surface area contributed by atoms with Crippen LogP contribution in [0.5, 0.6) is 0 Å². The molecular weight excluding hydrogens is 360 g/mol. The summed E-state index contributed by atoms with van der Waals surface area (Å²) >= 11 is 0. The number of rotatable bonds is 4. The molecule has 0 saturated carbocycles. The van der Waals surface area contributed by atoms with E-state index in [4.69, 9.17) is 0 Å². The van der Waals surface area contributed by atoms with Crippen molar-refractivity contribution in [3.63, 3.8) is 0 Å². The highest BCUT2D eigenvalue weighted by Crippen LogP contribution is 2.43. The van der Waals surface area contributed by atoms with Gasteiger partial charge in [-0.25, -0.2) is 0 Å². The molecular formula is C25H30N2O2. The lowest BCUT2D eigenvalue weighted by atomic mass is 9.82. The maximum atomic E-state index is 13.3. The summed E-state index contributed by atoms with van der Waals surface area (Å²) in [4.78, 5) is 15.6. The van der Waals surface area contributed by atoms with Crippen molar-refractivity contribution in [1.82, 2.24) is 4.57 Å². The Labute approximate surface area is 171 Å². The molecule has 2 aliphatic rings. The van der Waals surface area contributed by atoms with E-state index in [2.05, 4.69) is 48.1 Å². The number of allylic oxidation sites excluding steroid dienone is 1. The van der Waals surface area contributed by atoms with Crippen molar-refractivity contribution >= 4 is 28.7 Å². The van der Waals surface area contributed by atoms with Gasteiger partial charge >= 0.3 is 0 Å². The largest absolute Gasteiger partial charge is 0.388 e. The van der Waals surface area contributed by atoms with Crippen LogP contribution in [0, 0.1) is 5.92 Å². The lowest BCUT2D eigenvalue weighted by Gasteiger charge is -2.44. The maximum absolute atomic E-state index is 13.3. The normalized spacial score (nSPS) is 23.4. The van der Waals surface area contributed by atoms with Gasteiger partial charge in [0.1, 0.15) is 0 Å². The van der Waals surface area contributed by atoms with Gasteiger partial charge in [0.05, 0.1) is 17.7 Å². The van der Waals surface area contributed by atoms with Crippen molar-refractivity contribution in [2.24, 2.45) is 5.92 Å². The van der Waals surface area contributed by atoms with E-state index in [0.717, 1.165) is 58.7 Å². The van der Waals surface area contributed by atoms with Crippen LogP contribution in [0.1, 0.15) is 45.3 Å². The van der Waals surface area contributed by atoms with Gasteiger partial charge in [0, 0.05) is 46.2 Å². The number of aryl methyl sites for hydroxylation is 1. The molecule has 2 heterocycles. The number of benzene rings is 1. The van der Waals surface area contributed by atoms with Gasteiger partial charge in [0.15, 0.2) is 5.43 Å². The minimum Gasteiger partial charge on any atom is -0.388 e. The molecule has 3 unspecified atom stereocenters. The molecule has 0 saturated heterocycles. The molecule has 1 aliphatic heterocycles. The van der Waals surface area contributed by atoms with Gasteiger partial charge in [-0.1, -0.05) is 30.4 Å². The topological polar surface area (TPSA) is 45.5 Å². The summed E-state index contributed by atoms with van der Waals surface area (Å²) in [6.45, 7) is 11.8. The summed E-state index contributed by atoms with van der Waals surface area (Å²) < 4.78 is 2.22. The van der Waals surface area contributed by atoms with Crippen LogP contribution >= 0.6 is 0 Å². The molecule has 1 aromatic heterocycles. The number of fused-ring (bicyclic) bond motifs is 3. The first kappa shape index (κ1) is 19.7. The lowest BCUT2D eigenvalue weighted by molar-refractivity contribution is 0.116. The average Bonchev–Trinajstić information content (AvgIpc) is 2.75. The van der Waals surface area contributed by atoms with E-state index in [-0.39, 0.29) is 17.4 Å². The third-order valence-electron chi connectivity index (χ3n) is 6.40. The van der Waals surface area contributed by atoms with Gasteiger partial charge in [0.2, 0.25) is 0 Å². The fraction of sp³-hybridized carbons (Fsp3) is 0.400. The second-order valence-electron chi connectivity index (χ2n) is 7.85. The van der Waals surface area contributed by atoms with E-state index in [9.17, 15) is 9.90 Å². The molecule has 4 heteroatoms. The fourth-order valence-electron chi connectivity index (χ4n) is 5.10. The highest BCUT2D eigenvalue weighted by molar-refractivity contribution is 5.86. The zero-order valence-corrected chi connectivity index (χ0v) is 17.6. The zero-order chi connectivity index (χ0) is 20.7. The van der Waals surface area contributed by atoms with Crippen LogP contribution in [0.4, 0.5) is 5.69 Å². The van der Waals surface area contributed by atoms with E-state index in [1.165, 1.54) is 0 Å². The minimum absolute atomic E-state index is 0.0120. The molecule has 2 aromatic rings. The van der Waals surface area contributed by atoms with Crippen molar-refractivity contribution < 1.29 is 5.11 Å². The zero-order valence-electron chi connectivity index (χ0n) is 17.6. The standard InChI is InChI=1S/C25H30N2O2/c1-5-11-16-20(6-2)26(7-3)22-14-19-23(15-18(22)24(16)28)27(8-4)21-13-10-9-12-17(21)25(19)29/h5-6,11-16,20,24,28H,2,7-10H2,1,3-4H3/b11-5-. The third kappa shape index (κ3) is 2.89. The van der Waals surface area contributed by atoms with Crippen molar-refractivity contribution in [3.8, 4) is 0 Å². The van der Waals surface area contributed by atoms with Gasteiger partial charge in [-0.05, 0) is 45.7 Å². The number of hydrogen-bond acceptors (Lipinski definition) is 3. The number of hydrogen-bond donors (Lipinski definition) is 1. The average molecular weight is 391 g/mol. The summed E-state index contributed by atoms with van der Waals surface area (Å²) in [6.07, 6.45) is 11.4. The Bertz CT molecular complexity index is 1170. The van der Waals surface area contributed by atoms with E-state index in [1.54, 1.807) is 0 Å². The van der Waals surface area contributed by atoms with Crippen molar-refractivity contribution in [3.05, 3.63) is 63.3 Å². The monoisotopic (exact) mass is 390 g/mol. The Hall–Kier alpha value is -2.59. The Kier molecular flexibility index (Phi) is 5.22. The van der Waals surface area contributed by atoms with Crippen molar-refractivity contribution in [2.75, 3.05) is 11.4 Å². The van der Waals surface area contributed by atoms with Crippen LogP contribution in [0.3, 0.4) is 0 Å². The van der Waals surface area contributed by atoms with Crippen LogP contribution in [-0.2, 0) is 6.54 Å². The molecule has 0 amide bonds. The molecule has 1 aliphatic carbocycles. The molecule has 0 spiro atoms. The Morgan fingerprint density at radius 2 is 1.97 bits per heavy atom. The van der Waals surface area contributed by atoms with Crippen molar-refractivity contribution in [1.29, 1.82) is 0 Å². The predicted molar refractivity (Wildman–Crippen MR) is 122 cm³/mol. The number of aliphatic hydroxyl groups excluding tert-OH is 1. The summed E-state index contributed by atoms with van der Waals surface area (Å²) in [6, 6.07) is 4.03. The molecule has 1 N–H and O–H groups in total. The third-order valence-corrected chi connectivity index (χ3v) is 6.40. The van der Waals surface area contributed by atoms with E-state index in [0.29, 0.717) is 0 Å². The number of aliphatic hydroxyl groups is 1. The maximum Gasteiger partial charge on any atom is 0.196 e. The van der Waals surface area contributed by atoms with Gasteiger partial charge in [-0.2, -0.15) is 0 Å². The number of aromatic nitrogens is 1. The van der Waals surface area contributed by atoms with E-state index < -0.39 is 6.10 Å². The predicted octanol–water partition coefficient (Wildman–Crippen LogP) is 3.00. The molecule has 4 rings (SSSR count). The Morgan fingerprint density at radius 1 is 1.21 bits per heavy atom. The highest BCUT2D eigenvalue weighted by Gasteiger charge is 2.37. The molecule has 1 aromatic carbocycles. The fourth-order valence-corrected chi connectivity index (χ4v) is 5.10. The summed E-state index contributed by atoms with van der Waals surface area (Å²) in [5, 5.41) is 13.8. The second kappa shape index (κ2) is 7.68. The first-order valence-corrected chi connectivity index (χ1v) is 10.7. The Balaban J connectivity index is 2.11. The number of likely N-dealkylation sites (N-methyl/N-ethyl adjacent to an activating group) is 1. The molecule has 29 heavy (non-hydrogen) atoms. The molecule has 3 atom stereocenters. The summed E-state index contributed by atoms with van der Waals surface area (Å²) in [5.74, 6) is -0.0679. The number of anilines is 1. The van der Waals surface area contributed by atoms with Gasteiger partial charge < -0.3 is 14.6 Å². The Morgan fingerprint density at radius 3 is 2.62 bits per heavy atom. The number of pyridine rings is 1. The van der Waals surface area contributed by atoms with Gasteiger partial charge in [0.25, 0.3) is 0 Å². The first-order chi connectivity index (χ1) is 14.1. The molecule has 4 nitrogen and oxygen atoms in total. The summed E-state index contributed by atoms with van der Waals surface area (Å²) in [5.41, 5.74) is 2.84. The van der Waals surface area contributed by atoms with E-state index >= 15 is 0 Å². The lowest BCUT2D eigenvalue weighted by Crippen LogP contribution is -2.48. The van der Waals surface area contributed by atoms with Crippen LogP contribution in [0.2, 0.25) is 0 Å². The smallest absolute Gasteiger partial charge is 0.196 e. The quantitative estimate of drug-likeness (QED) is 0.817. The molecule has 152 valence electrons. The molecule has 0 fully saturated rings. The minimum atomic E-state index is -0.636. The van der Waals surface area contributed by atoms with Crippen LogP contribution < -0.4 is 20.9 Å². The van der Waals surface area contributed by atoms with Crippen LogP contribution in [0.25, 0.3) is 23.1 Å². The van der Waals surface area contributed by atoms with Crippen LogP contribution in [0.15, 0.2) is 41.7 Å². The van der Waals surface area contributed by atoms with Crippen molar-refractivity contribution in [2.45, 2.75) is 52.3 Å². The van der Waals surface area contributed by atoms with Crippen LogP contribution in [-0.4, -0.2) is 22.3 Å². The molecule has 0 bridgehead atoms. The van der Waals surface area contributed by atoms with Gasteiger partial charge in [-0.15, -0.1) is 6.58 Å². The summed E-state index contributed by atoms with van der Waals surface area (Å²) in [7, 11) is 0. The highest BCUT2D eigenvalue weighted by atomic mass is 16.3. The number of nitrogens with zero attached hydrogens (tertiary/aromatic N) is 2. The SMILES string of the molecule is C=CC1C(/C=C\C)C(O)c2cc3c(cc2N1CC)c(=O)c1c(n3CC)=CCCC=1. The molecule has 0 radical (unpaired) electrons.